The third-order valence-corrected chi connectivity index (χ3v) is 6.31. The molecule has 7 nitrogen and oxygen atoms in total. The Morgan fingerprint density at radius 3 is 2.32 bits per heavy atom. The molecule has 1 aromatic carbocycles. The predicted octanol–water partition coefficient (Wildman–Crippen LogP) is 2.11. The zero-order valence-corrected chi connectivity index (χ0v) is 16.1. The molecule has 0 bridgehead atoms. The number of amides is 2. The number of fused-ring (bicyclic) bond motifs is 2. The van der Waals surface area contributed by atoms with Gasteiger partial charge in [0, 0.05) is 39.3 Å². The van der Waals surface area contributed by atoms with Crippen LogP contribution in [0.1, 0.15) is 20.7 Å². The van der Waals surface area contributed by atoms with Gasteiger partial charge < -0.3 is 4.90 Å². The van der Waals surface area contributed by atoms with Gasteiger partial charge in [0.1, 0.15) is 12.1 Å². The van der Waals surface area contributed by atoms with E-state index in [2.05, 4.69) is 19.8 Å². The molecule has 4 heterocycles. The molecule has 0 unspecified atom stereocenters. The highest BCUT2D eigenvalue weighted by Crippen LogP contribution is 2.28. The largest absolute Gasteiger partial charge is 0.353 e. The molecule has 0 saturated carbocycles. The number of thiophene rings is 1. The van der Waals surface area contributed by atoms with Crippen molar-refractivity contribution in [3.63, 3.8) is 0 Å². The van der Waals surface area contributed by atoms with Crippen molar-refractivity contribution in [1.29, 1.82) is 0 Å². The lowest BCUT2D eigenvalue weighted by molar-refractivity contribution is 0.0635. The van der Waals surface area contributed by atoms with E-state index in [1.54, 1.807) is 41.9 Å². The molecule has 0 radical (unpaired) electrons. The Kier molecular flexibility index (Phi) is 4.29. The number of nitrogens with zero attached hydrogens (tertiary/aromatic N) is 5. The Morgan fingerprint density at radius 1 is 0.893 bits per heavy atom. The topological polar surface area (TPSA) is 69.6 Å². The lowest BCUT2D eigenvalue weighted by Crippen LogP contribution is -2.49. The van der Waals surface area contributed by atoms with Crippen molar-refractivity contribution in [2.45, 2.75) is 0 Å². The molecule has 8 heteroatoms. The maximum absolute atomic E-state index is 12.5. The fourth-order valence-electron chi connectivity index (χ4n) is 3.87. The molecule has 5 rings (SSSR count). The molecule has 28 heavy (non-hydrogen) atoms. The van der Waals surface area contributed by atoms with E-state index in [0.717, 1.165) is 42.2 Å². The molecule has 1 fully saturated rings. The second-order valence-electron chi connectivity index (χ2n) is 6.97. The van der Waals surface area contributed by atoms with E-state index in [1.807, 2.05) is 11.4 Å². The van der Waals surface area contributed by atoms with Crippen molar-refractivity contribution >= 4 is 39.2 Å². The first kappa shape index (κ1) is 17.3. The normalized spacial score (nSPS) is 17.6. The molecule has 0 spiro atoms. The summed E-state index contributed by atoms with van der Waals surface area (Å²) >= 11 is 1.67. The molecule has 142 valence electrons. The van der Waals surface area contributed by atoms with Gasteiger partial charge in [-0.1, -0.05) is 12.1 Å². The number of hydrogen-bond acceptors (Lipinski definition) is 7. The van der Waals surface area contributed by atoms with E-state index in [4.69, 9.17) is 0 Å². The minimum Gasteiger partial charge on any atom is -0.353 e. The number of aromatic nitrogens is 2. The predicted molar refractivity (Wildman–Crippen MR) is 108 cm³/mol. The molecule has 0 atom stereocenters. The average molecular weight is 393 g/mol. The van der Waals surface area contributed by atoms with Crippen LogP contribution in [-0.2, 0) is 0 Å². The van der Waals surface area contributed by atoms with E-state index in [-0.39, 0.29) is 11.8 Å². The molecule has 0 N–H and O–H groups in total. The number of hydrogen-bond donors (Lipinski definition) is 0. The molecule has 2 amide bonds. The Labute approximate surface area is 166 Å². The zero-order chi connectivity index (χ0) is 19.1. The zero-order valence-electron chi connectivity index (χ0n) is 15.2. The summed E-state index contributed by atoms with van der Waals surface area (Å²) in [5, 5.41) is 2.04. The Hall–Kier alpha value is -2.84. The van der Waals surface area contributed by atoms with E-state index in [9.17, 15) is 9.59 Å². The van der Waals surface area contributed by atoms with Gasteiger partial charge >= 0.3 is 0 Å². The Morgan fingerprint density at radius 2 is 1.61 bits per heavy atom. The van der Waals surface area contributed by atoms with Crippen molar-refractivity contribution in [2.75, 3.05) is 44.2 Å². The first-order valence-electron chi connectivity index (χ1n) is 9.33. The van der Waals surface area contributed by atoms with Crippen LogP contribution in [-0.4, -0.2) is 70.9 Å². The monoisotopic (exact) mass is 393 g/mol. The quantitative estimate of drug-likeness (QED) is 0.633. The van der Waals surface area contributed by atoms with E-state index < -0.39 is 0 Å². The fourth-order valence-corrected chi connectivity index (χ4v) is 4.73. The summed E-state index contributed by atoms with van der Waals surface area (Å²) in [6, 6.07) is 9.06. The Balaban J connectivity index is 1.20. The molecule has 0 aliphatic carbocycles. The first-order chi connectivity index (χ1) is 13.7. The first-order valence-corrected chi connectivity index (χ1v) is 10.2. The van der Waals surface area contributed by atoms with Crippen LogP contribution in [0.25, 0.3) is 10.2 Å². The second kappa shape index (κ2) is 6.96. The maximum atomic E-state index is 12.5. The van der Waals surface area contributed by atoms with Gasteiger partial charge in [-0.15, -0.1) is 11.3 Å². The minimum atomic E-state index is -0.180. The van der Waals surface area contributed by atoms with Crippen molar-refractivity contribution in [2.24, 2.45) is 0 Å². The van der Waals surface area contributed by atoms with Gasteiger partial charge in [-0.2, -0.15) is 0 Å². The third kappa shape index (κ3) is 2.85. The third-order valence-electron chi connectivity index (χ3n) is 5.41. The Bertz CT molecular complexity index is 1020. The van der Waals surface area contributed by atoms with Crippen molar-refractivity contribution in [3.8, 4) is 0 Å². The van der Waals surface area contributed by atoms with Gasteiger partial charge in [-0.25, -0.2) is 9.97 Å². The van der Waals surface area contributed by atoms with Crippen LogP contribution in [0.5, 0.6) is 0 Å². The smallest absolute Gasteiger partial charge is 0.261 e. The highest BCUT2D eigenvalue weighted by molar-refractivity contribution is 7.17. The highest BCUT2D eigenvalue weighted by atomic mass is 32.1. The molecule has 3 aromatic rings. The van der Waals surface area contributed by atoms with Crippen LogP contribution in [0.15, 0.2) is 42.0 Å². The summed E-state index contributed by atoms with van der Waals surface area (Å²) < 4.78 is 1.13. The summed E-state index contributed by atoms with van der Waals surface area (Å²) in [7, 11) is 0. The lowest BCUT2D eigenvalue weighted by Gasteiger charge is -2.35. The standard InChI is InChI=1S/C20H19N5O2S/c26-19-14-3-1-2-4-15(14)20(27)25(19)11-8-23-6-9-24(10-7-23)18-17-16(5-12-28-17)21-13-22-18/h1-5,12-13H,6-11H2. The van der Waals surface area contributed by atoms with E-state index >= 15 is 0 Å². The number of carbonyl (C=O) groups excluding carboxylic acids is 2. The summed E-state index contributed by atoms with van der Waals surface area (Å²) in [5.41, 5.74) is 2.02. The average Bonchev–Trinajstić information content (AvgIpc) is 3.31. The fraction of sp³-hybridized carbons (Fsp3) is 0.300. The van der Waals surface area contributed by atoms with E-state index in [1.165, 1.54) is 4.90 Å². The highest BCUT2D eigenvalue weighted by Gasteiger charge is 2.35. The number of imide groups is 1. The van der Waals surface area contributed by atoms with E-state index in [0.29, 0.717) is 24.2 Å². The van der Waals surface area contributed by atoms with Gasteiger partial charge in [0.15, 0.2) is 0 Å². The maximum Gasteiger partial charge on any atom is 0.261 e. The summed E-state index contributed by atoms with van der Waals surface area (Å²) in [6.45, 7) is 4.60. The minimum absolute atomic E-state index is 0.180. The number of anilines is 1. The number of benzene rings is 1. The van der Waals surface area contributed by atoms with Gasteiger partial charge in [0.05, 0.1) is 21.3 Å². The van der Waals surface area contributed by atoms with Crippen LogP contribution < -0.4 is 4.90 Å². The SMILES string of the molecule is O=C1c2ccccc2C(=O)N1CCN1CCN(c2ncnc3ccsc23)CC1. The molecule has 2 aliphatic heterocycles. The molecule has 1 saturated heterocycles. The van der Waals surface area contributed by atoms with Crippen LogP contribution >= 0.6 is 11.3 Å². The summed E-state index contributed by atoms with van der Waals surface area (Å²) in [4.78, 5) is 39.7. The summed E-state index contributed by atoms with van der Waals surface area (Å²) in [6.07, 6.45) is 1.62. The van der Waals surface area contributed by atoms with Crippen LogP contribution in [0.3, 0.4) is 0 Å². The second-order valence-corrected chi connectivity index (χ2v) is 7.88. The van der Waals surface area contributed by atoms with Gasteiger partial charge in [0.2, 0.25) is 0 Å². The summed E-state index contributed by atoms with van der Waals surface area (Å²) in [5.74, 6) is 0.639. The van der Waals surface area contributed by atoms with Gasteiger partial charge in [-0.3, -0.25) is 19.4 Å². The van der Waals surface area contributed by atoms with Crippen molar-refractivity contribution in [1.82, 2.24) is 19.8 Å². The van der Waals surface area contributed by atoms with Gasteiger partial charge in [0.25, 0.3) is 11.8 Å². The number of carbonyl (C=O) groups is 2. The van der Waals surface area contributed by atoms with Crippen molar-refractivity contribution in [3.05, 3.63) is 53.2 Å². The molecular weight excluding hydrogens is 374 g/mol. The van der Waals surface area contributed by atoms with Crippen LogP contribution in [0.4, 0.5) is 5.82 Å². The number of rotatable bonds is 4. The van der Waals surface area contributed by atoms with Crippen LogP contribution in [0, 0.1) is 0 Å². The molecular formula is C20H19N5O2S. The van der Waals surface area contributed by atoms with Crippen LogP contribution in [0.2, 0.25) is 0 Å². The number of piperazine rings is 1. The van der Waals surface area contributed by atoms with Gasteiger partial charge in [-0.05, 0) is 23.6 Å². The van der Waals surface area contributed by atoms with Crippen molar-refractivity contribution < 1.29 is 9.59 Å². The lowest BCUT2D eigenvalue weighted by atomic mass is 10.1. The molecule has 2 aromatic heterocycles. The molecule has 2 aliphatic rings.